The van der Waals surface area contributed by atoms with Crippen LogP contribution >= 0.6 is 0 Å². The molecule has 1 fully saturated rings. The standard InChI is InChI=1S/C14H18N4O3/c1-17-9-16-13-11(17)3-4-15-14(13)18-5-6-21-10(8-18)7-12(19)20-2/h3-4,9-10H,5-8H2,1-2H3. The second-order valence-electron chi connectivity index (χ2n) is 5.08. The quantitative estimate of drug-likeness (QED) is 0.776. The van der Waals surface area contributed by atoms with Gasteiger partial charge in [-0.05, 0) is 6.07 Å². The third-order valence-corrected chi connectivity index (χ3v) is 3.68. The molecule has 0 bridgehead atoms. The summed E-state index contributed by atoms with van der Waals surface area (Å²) in [6.45, 7) is 1.91. The summed E-state index contributed by atoms with van der Waals surface area (Å²) in [5, 5.41) is 0. The van der Waals surface area contributed by atoms with Crippen LogP contribution in [0, 0.1) is 0 Å². The summed E-state index contributed by atoms with van der Waals surface area (Å²) in [6, 6.07) is 1.94. The van der Waals surface area contributed by atoms with Gasteiger partial charge in [0.25, 0.3) is 0 Å². The van der Waals surface area contributed by atoms with Crippen molar-refractivity contribution in [1.82, 2.24) is 14.5 Å². The van der Waals surface area contributed by atoms with Gasteiger partial charge >= 0.3 is 5.97 Å². The molecule has 3 rings (SSSR count). The van der Waals surface area contributed by atoms with E-state index in [4.69, 9.17) is 9.47 Å². The normalized spacial score (nSPS) is 19.0. The topological polar surface area (TPSA) is 69.5 Å². The van der Waals surface area contributed by atoms with Crippen molar-refractivity contribution in [2.45, 2.75) is 12.5 Å². The predicted octanol–water partition coefficient (Wildman–Crippen LogP) is 0.737. The molecule has 1 atom stereocenters. The number of anilines is 1. The van der Waals surface area contributed by atoms with Gasteiger partial charge in [-0.15, -0.1) is 0 Å². The van der Waals surface area contributed by atoms with Crippen LogP contribution in [0.2, 0.25) is 0 Å². The first kappa shape index (κ1) is 13.8. The number of imidazole rings is 1. The lowest BCUT2D eigenvalue weighted by molar-refractivity contribution is -0.144. The van der Waals surface area contributed by atoms with E-state index < -0.39 is 0 Å². The summed E-state index contributed by atoms with van der Waals surface area (Å²) in [7, 11) is 3.34. The van der Waals surface area contributed by atoms with Crippen LogP contribution in [0.25, 0.3) is 11.0 Å². The number of esters is 1. The molecule has 0 radical (unpaired) electrons. The van der Waals surface area contributed by atoms with E-state index in [0.29, 0.717) is 13.2 Å². The van der Waals surface area contributed by atoms with Gasteiger partial charge in [0, 0.05) is 26.3 Å². The highest BCUT2D eigenvalue weighted by Crippen LogP contribution is 2.24. The number of fused-ring (bicyclic) bond motifs is 1. The van der Waals surface area contributed by atoms with Crippen LogP contribution < -0.4 is 4.90 Å². The number of aromatic nitrogens is 3. The average Bonchev–Trinajstić information content (AvgIpc) is 2.89. The van der Waals surface area contributed by atoms with Crippen LogP contribution in [0.3, 0.4) is 0 Å². The number of pyridine rings is 1. The molecular weight excluding hydrogens is 272 g/mol. The van der Waals surface area contributed by atoms with Crippen molar-refractivity contribution in [3.05, 3.63) is 18.6 Å². The molecular formula is C14H18N4O3. The zero-order valence-electron chi connectivity index (χ0n) is 12.2. The number of carbonyl (C=O) groups is 1. The van der Waals surface area contributed by atoms with E-state index in [-0.39, 0.29) is 18.5 Å². The summed E-state index contributed by atoms with van der Waals surface area (Å²) in [5.74, 6) is 0.581. The smallest absolute Gasteiger partial charge is 0.308 e. The Morgan fingerprint density at radius 1 is 1.52 bits per heavy atom. The Kier molecular flexibility index (Phi) is 3.74. The molecule has 0 aliphatic carbocycles. The van der Waals surface area contributed by atoms with Gasteiger partial charge in [-0.1, -0.05) is 0 Å². The second-order valence-corrected chi connectivity index (χ2v) is 5.08. The molecule has 7 nitrogen and oxygen atoms in total. The molecule has 112 valence electrons. The minimum atomic E-state index is -0.258. The van der Waals surface area contributed by atoms with E-state index in [1.54, 1.807) is 12.5 Å². The fraction of sp³-hybridized carbons (Fsp3) is 0.500. The second kappa shape index (κ2) is 5.69. The largest absolute Gasteiger partial charge is 0.469 e. The van der Waals surface area contributed by atoms with E-state index in [1.807, 2.05) is 17.7 Å². The zero-order chi connectivity index (χ0) is 14.8. The maximum atomic E-state index is 11.4. The number of hydrogen-bond donors (Lipinski definition) is 0. The van der Waals surface area contributed by atoms with E-state index in [1.165, 1.54) is 7.11 Å². The predicted molar refractivity (Wildman–Crippen MR) is 77.1 cm³/mol. The number of nitrogens with zero attached hydrogens (tertiary/aromatic N) is 4. The lowest BCUT2D eigenvalue weighted by atomic mass is 10.2. The van der Waals surface area contributed by atoms with Crippen LogP contribution in [0.4, 0.5) is 5.82 Å². The molecule has 0 aromatic carbocycles. The van der Waals surface area contributed by atoms with Crippen molar-refractivity contribution in [3.63, 3.8) is 0 Å². The van der Waals surface area contributed by atoms with Crippen LogP contribution in [-0.2, 0) is 21.3 Å². The van der Waals surface area contributed by atoms with Crippen molar-refractivity contribution in [2.24, 2.45) is 7.05 Å². The SMILES string of the molecule is COC(=O)CC1CN(c2nccc3c2ncn3C)CCO1. The van der Waals surface area contributed by atoms with Crippen molar-refractivity contribution in [1.29, 1.82) is 0 Å². The summed E-state index contributed by atoms with van der Waals surface area (Å²) in [6.07, 6.45) is 3.64. The van der Waals surface area contributed by atoms with E-state index >= 15 is 0 Å². The fourth-order valence-corrected chi connectivity index (χ4v) is 2.58. The Labute approximate surface area is 122 Å². The molecule has 1 aliphatic rings. The maximum absolute atomic E-state index is 11.4. The number of carbonyl (C=O) groups excluding carboxylic acids is 1. The number of methoxy groups -OCH3 is 1. The van der Waals surface area contributed by atoms with Crippen molar-refractivity contribution in [2.75, 3.05) is 31.7 Å². The fourth-order valence-electron chi connectivity index (χ4n) is 2.58. The zero-order valence-corrected chi connectivity index (χ0v) is 12.2. The van der Waals surface area contributed by atoms with Gasteiger partial charge in [0.1, 0.15) is 5.52 Å². The molecule has 0 spiro atoms. The van der Waals surface area contributed by atoms with Gasteiger partial charge in [0.15, 0.2) is 5.82 Å². The summed E-state index contributed by atoms with van der Waals surface area (Å²) < 4.78 is 12.3. The molecule has 3 heterocycles. The minimum absolute atomic E-state index is 0.174. The van der Waals surface area contributed by atoms with Gasteiger partial charge in [-0.2, -0.15) is 0 Å². The van der Waals surface area contributed by atoms with Gasteiger partial charge < -0.3 is 18.9 Å². The summed E-state index contributed by atoms with van der Waals surface area (Å²) in [4.78, 5) is 22.4. The van der Waals surface area contributed by atoms with Crippen LogP contribution in [0.5, 0.6) is 0 Å². The number of morpholine rings is 1. The molecule has 2 aromatic heterocycles. The van der Waals surface area contributed by atoms with Gasteiger partial charge in [-0.3, -0.25) is 4.79 Å². The molecule has 2 aromatic rings. The maximum Gasteiger partial charge on any atom is 0.308 e. The summed E-state index contributed by atoms with van der Waals surface area (Å²) >= 11 is 0. The van der Waals surface area contributed by atoms with E-state index in [2.05, 4.69) is 14.9 Å². The first-order valence-electron chi connectivity index (χ1n) is 6.88. The molecule has 21 heavy (non-hydrogen) atoms. The number of hydrogen-bond acceptors (Lipinski definition) is 6. The van der Waals surface area contributed by atoms with Crippen molar-refractivity contribution >= 4 is 22.8 Å². The van der Waals surface area contributed by atoms with E-state index in [0.717, 1.165) is 23.4 Å². The van der Waals surface area contributed by atoms with Crippen LogP contribution in [-0.4, -0.2) is 53.4 Å². The Bertz CT molecular complexity index is 655. The first-order valence-corrected chi connectivity index (χ1v) is 6.88. The Hall–Kier alpha value is -2.15. The lowest BCUT2D eigenvalue weighted by Crippen LogP contribution is -2.44. The average molecular weight is 290 g/mol. The lowest BCUT2D eigenvalue weighted by Gasteiger charge is -2.33. The Balaban J connectivity index is 1.83. The molecule has 0 N–H and O–H groups in total. The molecule has 0 saturated carbocycles. The van der Waals surface area contributed by atoms with Crippen LogP contribution in [0.15, 0.2) is 18.6 Å². The molecule has 1 saturated heterocycles. The Morgan fingerprint density at radius 2 is 2.38 bits per heavy atom. The van der Waals surface area contributed by atoms with E-state index in [9.17, 15) is 4.79 Å². The highest BCUT2D eigenvalue weighted by Gasteiger charge is 2.25. The van der Waals surface area contributed by atoms with Crippen molar-refractivity contribution in [3.8, 4) is 0 Å². The highest BCUT2D eigenvalue weighted by atomic mass is 16.5. The van der Waals surface area contributed by atoms with Gasteiger partial charge in [-0.25, -0.2) is 9.97 Å². The molecule has 1 unspecified atom stereocenters. The van der Waals surface area contributed by atoms with Crippen LogP contribution in [0.1, 0.15) is 6.42 Å². The third-order valence-electron chi connectivity index (χ3n) is 3.68. The summed E-state index contributed by atoms with van der Waals surface area (Å²) in [5.41, 5.74) is 1.91. The van der Waals surface area contributed by atoms with Gasteiger partial charge in [0.05, 0.1) is 38.1 Å². The number of rotatable bonds is 3. The monoisotopic (exact) mass is 290 g/mol. The molecule has 7 heteroatoms. The molecule has 0 amide bonds. The third kappa shape index (κ3) is 2.69. The number of ether oxygens (including phenoxy) is 2. The van der Waals surface area contributed by atoms with Gasteiger partial charge in [0.2, 0.25) is 0 Å². The molecule has 1 aliphatic heterocycles. The highest BCUT2D eigenvalue weighted by molar-refractivity contribution is 5.86. The minimum Gasteiger partial charge on any atom is -0.469 e. The number of aryl methyl sites for hydroxylation is 1. The first-order chi connectivity index (χ1) is 10.2. The van der Waals surface area contributed by atoms with Crippen molar-refractivity contribution < 1.29 is 14.3 Å². The Morgan fingerprint density at radius 3 is 3.19 bits per heavy atom.